The Kier molecular flexibility index (Phi) is 5.89. The van der Waals surface area contributed by atoms with E-state index in [2.05, 4.69) is 31.1 Å². The van der Waals surface area contributed by atoms with Gasteiger partial charge in [-0.2, -0.15) is 5.26 Å². The summed E-state index contributed by atoms with van der Waals surface area (Å²) < 4.78 is 0. The monoisotopic (exact) mass is 359 g/mol. The number of nitrogens with one attached hydrogen (secondary N) is 3. The molecule has 3 N–H and O–H groups in total. The number of nitriles is 1. The van der Waals surface area contributed by atoms with Gasteiger partial charge in [0.2, 0.25) is 0 Å². The maximum absolute atomic E-state index is 12.1. The molecule has 2 aromatic heterocycles. The molecule has 134 valence electrons. The van der Waals surface area contributed by atoms with Crippen molar-refractivity contribution in [2.45, 2.75) is 0 Å². The number of nitrogens with zero attached hydrogens (tertiary/aromatic N) is 4. The van der Waals surface area contributed by atoms with Crippen molar-refractivity contribution in [3.8, 4) is 6.07 Å². The zero-order valence-electron chi connectivity index (χ0n) is 14.4. The maximum atomic E-state index is 12.1. The van der Waals surface area contributed by atoms with Crippen molar-refractivity contribution in [3.63, 3.8) is 0 Å². The highest BCUT2D eigenvalue weighted by Crippen LogP contribution is 2.11. The first-order valence-electron chi connectivity index (χ1n) is 8.28. The van der Waals surface area contributed by atoms with Gasteiger partial charge in [-0.3, -0.25) is 4.79 Å². The van der Waals surface area contributed by atoms with Gasteiger partial charge in [-0.15, -0.1) is 10.2 Å². The lowest BCUT2D eigenvalue weighted by Gasteiger charge is -2.08. The van der Waals surface area contributed by atoms with Crippen molar-refractivity contribution in [2.24, 2.45) is 0 Å². The Morgan fingerprint density at radius 1 is 0.963 bits per heavy atom. The van der Waals surface area contributed by atoms with Gasteiger partial charge in [0.05, 0.1) is 11.6 Å². The molecule has 1 amide bonds. The zero-order chi connectivity index (χ0) is 18.9. The minimum atomic E-state index is -0.227. The average Bonchev–Trinajstić information content (AvgIpc) is 2.73. The van der Waals surface area contributed by atoms with E-state index in [4.69, 9.17) is 5.26 Å². The number of hydrogen-bond acceptors (Lipinski definition) is 7. The van der Waals surface area contributed by atoms with E-state index in [1.165, 1.54) is 0 Å². The first kappa shape index (κ1) is 17.8. The third-order valence-electron chi connectivity index (χ3n) is 3.56. The third-order valence-corrected chi connectivity index (χ3v) is 3.56. The van der Waals surface area contributed by atoms with E-state index in [1.54, 1.807) is 42.6 Å². The molecule has 8 nitrogen and oxygen atoms in total. The number of benzene rings is 1. The van der Waals surface area contributed by atoms with Crippen molar-refractivity contribution in [1.82, 2.24) is 20.5 Å². The third kappa shape index (κ3) is 5.24. The molecule has 1 aromatic carbocycles. The van der Waals surface area contributed by atoms with Crippen LogP contribution in [0.3, 0.4) is 0 Å². The normalized spacial score (nSPS) is 9.89. The number of hydrogen-bond donors (Lipinski definition) is 3. The Morgan fingerprint density at radius 2 is 1.81 bits per heavy atom. The minimum absolute atomic E-state index is 0.227. The topological polar surface area (TPSA) is 116 Å². The van der Waals surface area contributed by atoms with Crippen LogP contribution < -0.4 is 16.0 Å². The number of aromatic nitrogens is 3. The lowest BCUT2D eigenvalue weighted by Crippen LogP contribution is -2.28. The molecule has 0 saturated heterocycles. The highest BCUT2D eigenvalue weighted by Gasteiger charge is 2.05. The number of amides is 1. The largest absolute Gasteiger partial charge is 0.367 e. The summed E-state index contributed by atoms with van der Waals surface area (Å²) >= 11 is 0. The minimum Gasteiger partial charge on any atom is -0.367 e. The van der Waals surface area contributed by atoms with Gasteiger partial charge in [-0.25, -0.2) is 4.98 Å². The van der Waals surface area contributed by atoms with Crippen LogP contribution in [0.4, 0.5) is 17.5 Å². The molecular formula is C19H17N7O. The summed E-state index contributed by atoms with van der Waals surface area (Å²) in [5.74, 6) is 1.65. The van der Waals surface area contributed by atoms with E-state index in [-0.39, 0.29) is 5.91 Å². The summed E-state index contributed by atoms with van der Waals surface area (Å²) in [5.41, 5.74) is 0.911. The molecule has 27 heavy (non-hydrogen) atoms. The highest BCUT2D eigenvalue weighted by atomic mass is 16.1. The Hall–Kier alpha value is -3.99. The highest BCUT2D eigenvalue weighted by molar-refractivity contribution is 5.94. The van der Waals surface area contributed by atoms with Gasteiger partial charge in [-0.1, -0.05) is 12.1 Å². The van der Waals surface area contributed by atoms with E-state index < -0.39 is 0 Å². The van der Waals surface area contributed by atoms with E-state index in [1.807, 2.05) is 24.3 Å². The van der Waals surface area contributed by atoms with Crippen LogP contribution in [0.5, 0.6) is 0 Å². The molecule has 3 aromatic rings. The second kappa shape index (κ2) is 8.92. The van der Waals surface area contributed by atoms with Gasteiger partial charge in [0.1, 0.15) is 11.6 Å². The van der Waals surface area contributed by atoms with E-state index in [0.717, 1.165) is 0 Å². The Labute approximate surface area is 156 Å². The zero-order valence-corrected chi connectivity index (χ0v) is 14.4. The smallest absolute Gasteiger partial charge is 0.251 e. The Morgan fingerprint density at radius 3 is 2.56 bits per heavy atom. The lowest BCUT2D eigenvalue weighted by atomic mass is 10.1. The van der Waals surface area contributed by atoms with Crippen LogP contribution in [0.1, 0.15) is 15.9 Å². The molecule has 0 saturated carbocycles. The predicted molar refractivity (Wildman–Crippen MR) is 102 cm³/mol. The van der Waals surface area contributed by atoms with Gasteiger partial charge in [0.25, 0.3) is 5.91 Å². The first-order valence-corrected chi connectivity index (χ1v) is 8.28. The summed E-state index contributed by atoms with van der Waals surface area (Å²) in [6.45, 7) is 0.899. The summed E-state index contributed by atoms with van der Waals surface area (Å²) in [7, 11) is 0. The number of carbonyl (C=O) groups is 1. The average molecular weight is 359 g/mol. The fourth-order valence-electron chi connectivity index (χ4n) is 2.26. The summed E-state index contributed by atoms with van der Waals surface area (Å²) in [5, 5.41) is 25.9. The van der Waals surface area contributed by atoms with Crippen LogP contribution in [-0.2, 0) is 0 Å². The fraction of sp³-hybridized carbons (Fsp3) is 0.105. The van der Waals surface area contributed by atoms with Crippen LogP contribution in [-0.4, -0.2) is 34.2 Å². The standard InChI is InChI=1S/C19H17N7O/c20-13-14-4-3-5-15(12-14)19(27)23-11-10-22-17-7-8-18(26-25-17)24-16-6-1-2-9-21-16/h1-9,12H,10-11H2,(H,22,25)(H,23,27)(H,21,24,26). The number of carbonyl (C=O) groups excluding carboxylic acids is 1. The second-order valence-electron chi connectivity index (χ2n) is 5.52. The van der Waals surface area contributed by atoms with E-state index >= 15 is 0 Å². The predicted octanol–water partition coefficient (Wildman–Crippen LogP) is 2.33. The summed E-state index contributed by atoms with van der Waals surface area (Å²) in [4.78, 5) is 16.2. The molecule has 0 aliphatic carbocycles. The molecule has 0 radical (unpaired) electrons. The number of rotatable bonds is 7. The SMILES string of the molecule is N#Cc1cccc(C(=O)NCCNc2ccc(Nc3ccccn3)nn2)c1. The molecule has 2 heterocycles. The molecule has 0 aliphatic rings. The molecule has 0 unspecified atom stereocenters. The molecule has 0 atom stereocenters. The molecule has 0 fully saturated rings. The number of pyridine rings is 1. The molecule has 0 spiro atoms. The van der Waals surface area contributed by atoms with Gasteiger partial charge in [0.15, 0.2) is 5.82 Å². The molecule has 8 heteroatoms. The van der Waals surface area contributed by atoms with Crippen molar-refractivity contribution in [1.29, 1.82) is 5.26 Å². The molecule has 0 aliphatic heterocycles. The quantitative estimate of drug-likeness (QED) is 0.554. The van der Waals surface area contributed by atoms with Gasteiger partial charge >= 0.3 is 0 Å². The van der Waals surface area contributed by atoms with Crippen molar-refractivity contribution < 1.29 is 4.79 Å². The first-order chi connectivity index (χ1) is 13.2. The Bertz CT molecular complexity index is 936. The van der Waals surface area contributed by atoms with Gasteiger partial charge < -0.3 is 16.0 Å². The fourth-order valence-corrected chi connectivity index (χ4v) is 2.26. The van der Waals surface area contributed by atoms with Gasteiger partial charge in [0, 0.05) is 24.8 Å². The summed E-state index contributed by atoms with van der Waals surface area (Å²) in [6.07, 6.45) is 1.69. The Balaban J connectivity index is 1.44. The lowest BCUT2D eigenvalue weighted by molar-refractivity contribution is 0.0955. The van der Waals surface area contributed by atoms with Crippen LogP contribution in [0, 0.1) is 11.3 Å². The van der Waals surface area contributed by atoms with E-state index in [9.17, 15) is 4.79 Å². The molecule has 0 bridgehead atoms. The number of anilines is 3. The van der Waals surface area contributed by atoms with E-state index in [0.29, 0.717) is 41.7 Å². The van der Waals surface area contributed by atoms with Crippen molar-refractivity contribution >= 4 is 23.4 Å². The van der Waals surface area contributed by atoms with Gasteiger partial charge in [-0.05, 0) is 42.5 Å². The maximum Gasteiger partial charge on any atom is 0.251 e. The van der Waals surface area contributed by atoms with Crippen molar-refractivity contribution in [3.05, 3.63) is 71.9 Å². The van der Waals surface area contributed by atoms with Crippen LogP contribution >= 0.6 is 0 Å². The summed E-state index contributed by atoms with van der Waals surface area (Å²) in [6, 6.07) is 17.7. The van der Waals surface area contributed by atoms with Crippen LogP contribution in [0.25, 0.3) is 0 Å². The van der Waals surface area contributed by atoms with Crippen LogP contribution in [0.15, 0.2) is 60.8 Å². The molecular weight excluding hydrogens is 342 g/mol. The molecule has 3 rings (SSSR count). The van der Waals surface area contributed by atoms with Crippen LogP contribution in [0.2, 0.25) is 0 Å². The second-order valence-corrected chi connectivity index (χ2v) is 5.52. The van der Waals surface area contributed by atoms with Crippen molar-refractivity contribution in [2.75, 3.05) is 23.7 Å².